The van der Waals surface area contributed by atoms with Crippen LogP contribution in [0.4, 0.5) is 0 Å². The number of nitrogens with zero attached hydrogens (tertiary/aromatic N) is 1. The minimum absolute atomic E-state index is 0.226. The Morgan fingerprint density at radius 3 is 2.14 bits per heavy atom. The summed E-state index contributed by atoms with van der Waals surface area (Å²) >= 11 is 0. The first-order valence-corrected chi connectivity index (χ1v) is 4.20. The van der Waals surface area contributed by atoms with Crippen molar-refractivity contribution in [2.75, 3.05) is 6.54 Å². The van der Waals surface area contributed by atoms with E-state index in [1.54, 1.807) is 0 Å². The number of amidine groups is 1. The van der Waals surface area contributed by atoms with E-state index in [0.717, 1.165) is 0 Å². The smallest absolute Gasteiger partial charge is 0.134 e. The molecule has 0 unspecified atom stereocenters. The predicted molar refractivity (Wildman–Crippen MR) is 59.2 cm³/mol. The summed E-state index contributed by atoms with van der Waals surface area (Å²) in [5, 5.41) is 3.34. The van der Waals surface area contributed by atoms with Gasteiger partial charge in [0.1, 0.15) is 5.84 Å². The van der Waals surface area contributed by atoms with Gasteiger partial charge in [-0.2, -0.15) is 5.10 Å². The van der Waals surface area contributed by atoms with Gasteiger partial charge in [-0.15, -0.1) is 0 Å². The van der Waals surface area contributed by atoms with Gasteiger partial charge < -0.3 is 11.5 Å². The Morgan fingerprint density at radius 2 is 1.93 bits per heavy atom. The Labute approximate surface area is 83.9 Å². The third-order valence-corrected chi connectivity index (χ3v) is 1.36. The summed E-state index contributed by atoms with van der Waals surface area (Å²) in [6.07, 6.45) is 0. The second-order valence-electron chi connectivity index (χ2n) is 2.59. The number of hydrogen-bond donors (Lipinski definition) is 4. The molecule has 1 aromatic rings. The van der Waals surface area contributed by atoms with Crippen LogP contribution >= 0.6 is 0 Å². The minimum Gasteiger partial charge on any atom is -0.385 e. The molecule has 0 bridgehead atoms. The number of hydrazine groups is 1. The zero-order chi connectivity index (χ0) is 10.8. The summed E-state index contributed by atoms with van der Waals surface area (Å²) in [7, 11) is 0. The van der Waals surface area contributed by atoms with E-state index < -0.39 is 0 Å². The average molecular weight is 195 g/mol. The summed E-state index contributed by atoms with van der Waals surface area (Å²) in [6, 6.07) is 10.3. The summed E-state index contributed by atoms with van der Waals surface area (Å²) in [4.78, 5) is 0. The third-order valence-electron chi connectivity index (χ3n) is 1.36. The van der Waals surface area contributed by atoms with E-state index in [-0.39, 0.29) is 6.54 Å². The Morgan fingerprint density at radius 1 is 1.36 bits per heavy atom. The maximum Gasteiger partial charge on any atom is 0.134 e. The van der Waals surface area contributed by atoms with E-state index in [1.165, 1.54) is 5.56 Å². The molecule has 14 heavy (non-hydrogen) atoms. The van der Waals surface area contributed by atoms with Crippen LogP contribution in [0.25, 0.3) is 0 Å². The molecule has 0 aromatic heterocycles. The van der Waals surface area contributed by atoms with Crippen LogP contribution in [0, 0.1) is 6.92 Å². The largest absolute Gasteiger partial charge is 0.385 e. The lowest BCUT2D eigenvalue weighted by molar-refractivity contribution is 0.799. The van der Waals surface area contributed by atoms with Crippen molar-refractivity contribution in [3.63, 3.8) is 0 Å². The molecule has 7 N–H and O–H groups in total. The molecule has 0 spiro atoms. The van der Waals surface area contributed by atoms with Gasteiger partial charge in [0.15, 0.2) is 0 Å². The lowest BCUT2D eigenvalue weighted by Gasteiger charge is -1.90. The average Bonchev–Trinajstić information content (AvgIpc) is 2.20. The molecule has 0 aliphatic carbocycles. The maximum absolute atomic E-state index is 5.07. The highest BCUT2D eigenvalue weighted by atomic mass is 15.5. The van der Waals surface area contributed by atoms with Gasteiger partial charge in [0, 0.05) is 0 Å². The van der Waals surface area contributed by atoms with Crippen LogP contribution in [-0.2, 0) is 0 Å². The fraction of sp³-hybridized carbons (Fsp3) is 0.222. The number of nitrogens with one attached hydrogen (secondary N) is 1. The predicted octanol–water partition coefficient (Wildman–Crippen LogP) is -0.324. The highest BCUT2D eigenvalue weighted by Crippen LogP contribution is 1.92. The molecule has 0 aliphatic heterocycles. The standard InChI is InChI=1S/C7H8.C2H9N5/c1-7-5-3-2-4-6-7;3-1-2(4)6-7-5/h2-6H,1H3;7H,1,3,5H2,(H2,4,6). The number of hydrazone groups is 1. The van der Waals surface area contributed by atoms with E-state index in [4.69, 9.17) is 17.3 Å². The Hall–Kier alpha value is -1.59. The van der Waals surface area contributed by atoms with Crippen LogP contribution in [0.2, 0.25) is 0 Å². The number of nitrogens with two attached hydrogens (primary N) is 3. The number of aryl methyl sites for hydroxylation is 1. The summed E-state index contributed by atoms with van der Waals surface area (Å²) in [5.41, 5.74) is 13.4. The first-order valence-electron chi connectivity index (χ1n) is 4.20. The molecule has 78 valence electrons. The van der Waals surface area contributed by atoms with Crippen LogP contribution in [0.1, 0.15) is 5.56 Å². The molecule has 0 saturated heterocycles. The van der Waals surface area contributed by atoms with Crippen molar-refractivity contribution in [1.82, 2.24) is 5.53 Å². The molecule has 1 rings (SSSR count). The molecule has 0 fully saturated rings. The van der Waals surface area contributed by atoms with E-state index in [2.05, 4.69) is 24.2 Å². The van der Waals surface area contributed by atoms with Gasteiger partial charge in [0.25, 0.3) is 0 Å². The molecular weight excluding hydrogens is 178 g/mol. The van der Waals surface area contributed by atoms with Crippen molar-refractivity contribution in [1.29, 1.82) is 0 Å². The molecule has 5 nitrogen and oxygen atoms in total. The second kappa shape index (κ2) is 8.03. The highest BCUT2D eigenvalue weighted by molar-refractivity contribution is 5.81. The highest BCUT2D eigenvalue weighted by Gasteiger charge is 1.79. The van der Waals surface area contributed by atoms with Gasteiger partial charge in [-0.05, 0) is 6.92 Å². The molecule has 0 aliphatic rings. The van der Waals surface area contributed by atoms with Crippen LogP contribution in [0.3, 0.4) is 0 Å². The normalized spacial score (nSPS) is 10.1. The lowest BCUT2D eigenvalue weighted by atomic mass is 10.2. The number of hydrogen-bond acceptors (Lipinski definition) is 4. The van der Waals surface area contributed by atoms with E-state index in [1.807, 2.05) is 23.7 Å². The van der Waals surface area contributed by atoms with E-state index in [9.17, 15) is 0 Å². The summed E-state index contributed by atoms with van der Waals surface area (Å²) in [5.74, 6) is 5.03. The van der Waals surface area contributed by atoms with Gasteiger partial charge in [0.2, 0.25) is 0 Å². The third kappa shape index (κ3) is 7.08. The molecule has 0 atom stereocenters. The SMILES string of the molecule is Cc1ccccc1.NC/C(N)=N/NN. The van der Waals surface area contributed by atoms with Crippen LogP contribution < -0.4 is 22.8 Å². The first-order chi connectivity index (χ1) is 6.70. The summed E-state index contributed by atoms with van der Waals surface area (Å²) in [6.45, 7) is 2.31. The molecule has 1 aromatic carbocycles. The van der Waals surface area contributed by atoms with E-state index >= 15 is 0 Å². The molecular formula is C9H17N5. The Kier molecular flexibility index (Phi) is 7.12. The Bertz CT molecular complexity index is 257. The number of rotatable bonds is 2. The molecule has 0 heterocycles. The van der Waals surface area contributed by atoms with E-state index in [0.29, 0.717) is 5.84 Å². The molecule has 0 amide bonds. The maximum atomic E-state index is 5.07. The van der Waals surface area contributed by atoms with Crippen LogP contribution in [0.5, 0.6) is 0 Å². The lowest BCUT2D eigenvalue weighted by Crippen LogP contribution is -2.28. The zero-order valence-corrected chi connectivity index (χ0v) is 8.27. The van der Waals surface area contributed by atoms with Crippen molar-refractivity contribution in [3.05, 3.63) is 35.9 Å². The van der Waals surface area contributed by atoms with Crippen molar-refractivity contribution < 1.29 is 0 Å². The molecule has 5 heteroatoms. The van der Waals surface area contributed by atoms with Gasteiger partial charge in [-0.3, -0.25) is 0 Å². The topological polar surface area (TPSA) is 102 Å². The monoisotopic (exact) mass is 195 g/mol. The fourth-order valence-corrected chi connectivity index (χ4v) is 0.663. The van der Waals surface area contributed by atoms with Gasteiger partial charge in [0.05, 0.1) is 6.54 Å². The van der Waals surface area contributed by atoms with Crippen molar-refractivity contribution in [2.24, 2.45) is 22.4 Å². The first kappa shape index (κ1) is 12.4. The Balaban J connectivity index is 0.000000241. The van der Waals surface area contributed by atoms with Gasteiger partial charge in [-0.25, -0.2) is 11.4 Å². The van der Waals surface area contributed by atoms with Crippen LogP contribution in [-0.4, -0.2) is 12.4 Å². The van der Waals surface area contributed by atoms with Crippen molar-refractivity contribution >= 4 is 5.84 Å². The molecule has 0 radical (unpaired) electrons. The second-order valence-corrected chi connectivity index (χ2v) is 2.59. The fourth-order valence-electron chi connectivity index (χ4n) is 0.663. The van der Waals surface area contributed by atoms with Crippen molar-refractivity contribution in [2.45, 2.75) is 6.92 Å². The number of benzene rings is 1. The van der Waals surface area contributed by atoms with Crippen LogP contribution in [0.15, 0.2) is 35.4 Å². The summed E-state index contributed by atoms with van der Waals surface area (Å²) < 4.78 is 0. The van der Waals surface area contributed by atoms with Gasteiger partial charge >= 0.3 is 0 Å². The molecule has 0 saturated carbocycles. The van der Waals surface area contributed by atoms with Gasteiger partial charge in [-0.1, -0.05) is 35.9 Å². The quantitative estimate of drug-likeness (QED) is 0.225. The van der Waals surface area contributed by atoms with Crippen molar-refractivity contribution in [3.8, 4) is 0 Å². The zero-order valence-electron chi connectivity index (χ0n) is 8.27. The minimum atomic E-state index is 0.226.